The van der Waals surface area contributed by atoms with Crippen LogP contribution in [0, 0.1) is 0 Å². The summed E-state index contributed by atoms with van der Waals surface area (Å²) in [5, 5.41) is 3.42. The molecule has 1 aliphatic heterocycles. The Balaban J connectivity index is 1.93. The lowest BCUT2D eigenvalue weighted by atomic mass is 10.2. The SMILES string of the molecule is CC(C)NCc1ccc(N2CCCCCC2)nc1. The van der Waals surface area contributed by atoms with Gasteiger partial charge in [-0.3, -0.25) is 0 Å². The molecule has 0 aliphatic carbocycles. The van der Waals surface area contributed by atoms with Gasteiger partial charge in [0.15, 0.2) is 0 Å². The van der Waals surface area contributed by atoms with Crippen molar-refractivity contribution in [3.05, 3.63) is 23.9 Å². The van der Waals surface area contributed by atoms with Gasteiger partial charge in [-0.1, -0.05) is 32.8 Å². The van der Waals surface area contributed by atoms with E-state index < -0.39 is 0 Å². The van der Waals surface area contributed by atoms with Crippen molar-refractivity contribution in [2.75, 3.05) is 18.0 Å². The lowest BCUT2D eigenvalue weighted by Gasteiger charge is -2.21. The fourth-order valence-corrected chi connectivity index (χ4v) is 2.33. The van der Waals surface area contributed by atoms with Gasteiger partial charge in [0.2, 0.25) is 0 Å². The smallest absolute Gasteiger partial charge is 0.128 e. The Morgan fingerprint density at radius 2 is 1.89 bits per heavy atom. The van der Waals surface area contributed by atoms with Crippen LogP contribution in [0.15, 0.2) is 18.3 Å². The van der Waals surface area contributed by atoms with Crippen LogP contribution in [0.25, 0.3) is 0 Å². The van der Waals surface area contributed by atoms with Gasteiger partial charge in [0.25, 0.3) is 0 Å². The molecule has 1 saturated heterocycles. The standard InChI is InChI=1S/C15H25N3/c1-13(2)16-11-14-7-8-15(17-12-14)18-9-5-3-4-6-10-18/h7-8,12-13,16H,3-6,9-11H2,1-2H3. The van der Waals surface area contributed by atoms with Gasteiger partial charge < -0.3 is 10.2 Å². The second kappa shape index (κ2) is 6.74. The predicted molar refractivity (Wildman–Crippen MR) is 76.9 cm³/mol. The van der Waals surface area contributed by atoms with E-state index in [9.17, 15) is 0 Å². The normalized spacial score (nSPS) is 16.9. The molecular formula is C15H25N3. The molecule has 18 heavy (non-hydrogen) atoms. The van der Waals surface area contributed by atoms with Gasteiger partial charge in [-0.15, -0.1) is 0 Å². The molecule has 3 nitrogen and oxygen atoms in total. The maximum absolute atomic E-state index is 4.61. The first kappa shape index (κ1) is 13.3. The number of hydrogen-bond acceptors (Lipinski definition) is 3. The van der Waals surface area contributed by atoms with Gasteiger partial charge in [0.05, 0.1) is 0 Å². The van der Waals surface area contributed by atoms with Crippen molar-refractivity contribution in [1.82, 2.24) is 10.3 Å². The van der Waals surface area contributed by atoms with Crippen molar-refractivity contribution in [3.8, 4) is 0 Å². The predicted octanol–water partition coefficient (Wildman–Crippen LogP) is 2.96. The zero-order chi connectivity index (χ0) is 12.8. The molecule has 0 radical (unpaired) electrons. The van der Waals surface area contributed by atoms with Crippen LogP contribution in [-0.4, -0.2) is 24.1 Å². The molecule has 0 saturated carbocycles. The fraction of sp³-hybridized carbons (Fsp3) is 0.667. The lowest BCUT2D eigenvalue weighted by Crippen LogP contribution is -2.25. The summed E-state index contributed by atoms with van der Waals surface area (Å²) in [5.74, 6) is 1.14. The lowest BCUT2D eigenvalue weighted by molar-refractivity contribution is 0.588. The molecule has 1 N–H and O–H groups in total. The van der Waals surface area contributed by atoms with E-state index in [4.69, 9.17) is 0 Å². The second-order valence-electron chi connectivity index (χ2n) is 5.46. The molecule has 0 amide bonds. The van der Waals surface area contributed by atoms with E-state index in [2.05, 4.69) is 41.2 Å². The summed E-state index contributed by atoms with van der Waals surface area (Å²) >= 11 is 0. The number of pyridine rings is 1. The molecule has 0 atom stereocenters. The van der Waals surface area contributed by atoms with Crippen molar-refractivity contribution in [2.45, 2.75) is 52.1 Å². The van der Waals surface area contributed by atoms with Crippen LogP contribution in [-0.2, 0) is 6.54 Å². The van der Waals surface area contributed by atoms with Crippen LogP contribution in [0.1, 0.15) is 45.1 Å². The third-order valence-corrected chi connectivity index (χ3v) is 3.45. The highest BCUT2D eigenvalue weighted by Crippen LogP contribution is 2.17. The first-order valence-electron chi connectivity index (χ1n) is 7.19. The molecule has 1 aromatic rings. The average Bonchev–Trinajstić information content (AvgIpc) is 2.66. The summed E-state index contributed by atoms with van der Waals surface area (Å²) in [6.07, 6.45) is 7.35. The summed E-state index contributed by atoms with van der Waals surface area (Å²) in [6, 6.07) is 4.89. The van der Waals surface area contributed by atoms with Gasteiger partial charge >= 0.3 is 0 Å². The molecule has 0 aromatic carbocycles. The van der Waals surface area contributed by atoms with Gasteiger partial charge in [0, 0.05) is 31.9 Å². The largest absolute Gasteiger partial charge is 0.357 e. The quantitative estimate of drug-likeness (QED) is 0.886. The number of hydrogen-bond donors (Lipinski definition) is 1. The molecule has 2 heterocycles. The van der Waals surface area contributed by atoms with E-state index in [-0.39, 0.29) is 0 Å². The third kappa shape index (κ3) is 3.98. The van der Waals surface area contributed by atoms with Crippen molar-refractivity contribution >= 4 is 5.82 Å². The molecular weight excluding hydrogens is 222 g/mol. The Bertz CT molecular complexity index is 337. The first-order valence-corrected chi connectivity index (χ1v) is 7.19. The number of aromatic nitrogens is 1. The summed E-state index contributed by atoms with van der Waals surface area (Å²) < 4.78 is 0. The average molecular weight is 247 g/mol. The van der Waals surface area contributed by atoms with Crippen molar-refractivity contribution in [1.29, 1.82) is 0 Å². The van der Waals surface area contributed by atoms with Crippen molar-refractivity contribution < 1.29 is 0 Å². The number of nitrogens with zero attached hydrogens (tertiary/aromatic N) is 2. The van der Waals surface area contributed by atoms with Gasteiger partial charge in [-0.25, -0.2) is 4.98 Å². The summed E-state index contributed by atoms with van der Waals surface area (Å²) in [5.41, 5.74) is 1.27. The number of nitrogens with one attached hydrogen (secondary N) is 1. The molecule has 100 valence electrons. The maximum atomic E-state index is 4.61. The second-order valence-corrected chi connectivity index (χ2v) is 5.46. The van der Waals surface area contributed by atoms with Gasteiger partial charge in [-0.2, -0.15) is 0 Å². The van der Waals surface area contributed by atoms with Crippen molar-refractivity contribution in [2.24, 2.45) is 0 Å². The molecule has 1 aliphatic rings. The Kier molecular flexibility index (Phi) is 5.00. The molecule has 3 heteroatoms. The third-order valence-electron chi connectivity index (χ3n) is 3.45. The van der Waals surface area contributed by atoms with E-state index >= 15 is 0 Å². The van der Waals surface area contributed by atoms with Gasteiger partial charge in [-0.05, 0) is 24.5 Å². The van der Waals surface area contributed by atoms with E-state index in [1.165, 1.54) is 31.2 Å². The number of anilines is 1. The Morgan fingerprint density at radius 1 is 1.17 bits per heavy atom. The molecule has 1 fully saturated rings. The van der Waals surface area contributed by atoms with Crippen LogP contribution in [0.4, 0.5) is 5.82 Å². The molecule has 2 rings (SSSR count). The summed E-state index contributed by atoms with van der Waals surface area (Å²) in [7, 11) is 0. The zero-order valence-corrected chi connectivity index (χ0v) is 11.7. The highest BCUT2D eigenvalue weighted by atomic mass is 15.2. The van der Waals surface area contributed by atoms with Crippen LogP contribution in [0.2, 0.25) is 0 Å². The summed E-state index contributed by atoms with van der Waals surface area (Å²) in [6.45, 7) is 7.57. The Morgan fingerprint density at radius 3 is 2.44 bits per heavy atom. The number of rotatable bonds is 4. The minimum atomic E-state index is 0.523. The van der Waals surface area contributed by atoms with Crippen molar-refractivity contribution in [3.63, 3.8) is 0 Å². The van der Waals surface area contributed by atoms with Crippen LogP contribution < -0.4 is 10.2 Å². The minimum absolute atomic E-state index is 0.523. The van der Waals surface area contributed by atoms with E-state index in [1.807, 2.05) is 6.20 Å². The van der Waals surface area contributed by atoms with Crippen LogP contribution >= 0.6 is 0 Å². The van der Waals surface area contributed by atoms with E-state index in [1.54, 1.807) is 0 Å². The first-order chi connectivity index (χ1) is 8.75. The summed E-state index contributed by atoms with van der Waals surface area (Å²) in [4.78, 5) is 7.03. The fourth-order valence-electron chi connectivity index (χ4n) is 2.33. The molecule has 0 bridgehead atoms. The Labute approximate surface area is 111 Å². The topological polar surface area (TPSA) is 28.2 Å². The highest BCUT2D eigenvalue weighted by Gasteiger charge is 2.10. The van der Waals surface area contributed by atoms with Gasteiger partial charge in [0.1, 0.15) is 5.82 Å². The zero-order valence-electron chi connectivity index (χ0n) is 11.7. The van der Waals surface area contributed by atoms with E-state index in [0.29, 0.717) is 6.04 Å². The Hall–Kier alpha value is -1.09. The highest BCUT2D eigenvalue weighted by molar-refractivity contribution is 5.39. The molecule has 0 unspecified atom stereocenters. The minimum Gasteiger partial charge on any atom is -0.357 e. The van der Waals surface area contributed by atoms with E-state index in [0.717, 1.165) is 25.5 Å². The monoisotopic (exact) mass is 247 g/mol. The maximum Gasteiger partial charge on any atom is 0.128 e. The van der Waals surface area contributed by atoms with Crippen LogP contribution in [0.5, 0.6) is 0 Å². The van der Waals surface area contributed by atoms with Crippen LogP contribution in [0.3, 0.4) is 0 Å². The molecule has 1 aromatic heterocycles. The molecule has 0 spiro atoms.